The van der Waals surface area contributed by atoms with Gasteiger partial charge < -0.3 is 20.0 Å². The number of hydrogen-bond acceptors (Lipinski definition) is 5. The predicted octanol–water partition coefficient (Wildman–Crippen LogP) is 3.25. The second-order valence-corrected chi connectivity index (χ2v) is 8.51. The van der Waals surface area contributed by atoms with Crippen molar-refractivity contribution in [3.8, 4) is 0 Å². The minimum absolute atomic E-state index is 0.153. The lowest BCUT2D eigenvalue weighted by molar-refractivity contribution is -0.137. The van der Waals surface area contributed by atoms with Crippen LogP contribution in [0.3, 0.4) is 0 Å². The Balaban J connectivity index is 4.57. The molecule has 0 spiro atoms. The highest BCUT2D eigenvalue weighted by atomic mass is 16.3. The fourth-order valence-electron chi connectivity index (χ4n) is 3.75. The molecule has 0 bridgehead atoms. The number of aliphatic hydroxyl groups is 2. The Labute approximate surface area is 178 Å². The lowest BCUT2D eigenvalue weighted by Crippen LogP contribution is -2.45. The third-order valence-electron chi connectivity index (χ3n) is 5.48. The predicted molar refractivity (Wildman–Crippen MR) is 119 cm³/mol. The van der Waals surface area contributed by atoms with Crippen LogP contribution in [0.1, 0.15) is 84.5 Å². The van der Waals surface area contributed by atoms with E-state index >= 15 is 0 Å². The zero-order valence-corrected chi connectivity index (χ0v) is 19.4. The number of aliphatic hydroxyl groups excluding tert-OH is 2. The van der Waals surface area contributed by atoms with Gasteiger partial charge in [0.15, 0.2) is 0 Å². The lowest BCUT2D eigenvalue weighted by atomic mass is 9.90. The summed E-state index contributed by atoms with van der Waals surface area (Å²) in [7, 11) is 3.94. The summed E-state index contributed by atoms with van der Waals surface area (Å²) < 4.78 is 0. The van der Waals surface area contributed by atoms with Crippen LogP contribution in [0.2, 0.25) is 0 Å². The number of nitrogens with zero attached hydrogens (tertiary/aromatic N) is 2. The van der Waals surface area contributed by atoms with E-state index in [9.17, 15) is 19.8 Å². The molecule has 0 aliphatic heterocycles. The second kappa shape index (κ2) is 17.8. The molecule has 0 saturated heterocycles. The minimum Gasteiger partial charge on any atom is -0.394 e. The lowest BCUT2D eigenvalue weighted by Gasteiger charge is -2.30. The van der Waals surface area contributed by atoms with Gasteiger partial charge in [0.25, 0.3) is 0 Å². The van der Waals surface area contributed by atoms with Crippen LogP contribution in [0.5, 0.6) is 0 Å². The summed E-state index contributed by atoms with van der Waals surface area (Å²) in [5.41, 5.74) is 0. The maximum atomic E-state index is 12.7. The van der Waals surface area contributed by atoms with Gasteiger partial charge in [-0.05, 0) is 33.0 Å². The highest BCUT2D eigenvalue weighted by Gasteiger charge is 2.23. The number of ketones is 1. The Morgan fingerprint density at radius 3 is 2.07 bits per heavy atom. The molecule has 1 unspecified atom stereocenters. The molecule has 0 aromatic carbocycles. The molecule has 0 aliphatic carbocycles. The van der Waals surface area contributed by atoms with Crippen molar-refractivity contribution < 1.29 is 19.8 Å². The molecule has 0 radical (unpaired) electrons. The Morgan fingerprint density at radius 1 is 0.828 bits per heavy atom. The third-order valence-corrected chi connectivity index (χ3v) is 5.48. The Bertz CT molecular complexity index is 425. The first-order chi connectivity index (χ1) is 13.9. The van der Waals surface area contributed by atoms with Crippen LogP contribution in [0.4, 0.5) is 0 Å². The van der Waals surface area contributed by atoms with E-state index < -0.39 is 6.04 Å². The van der Waals surface area contributed by atoms with Crippen molar-refractivity contribution in [3.05, 3.63) is 0 Å². The molecule has 6 heteroatoms. The first kappa shape index (κ1) is 28.0. The summed E-state index contributed by atoms with van der Waals surface area (Å²) in [6.45, 7) is 5.12. The molecule has 1 amide bonds. The quantitative estimate of drug-likeness (QED) is 0.317. The molecule has 0 aromatic heterocycles. The first-order valence-corrected chi connectivity index (χ1v) is 11.6. The van der Waals surface area contributed by atoms with E-state index in [0.29, 0.717) is 18.9 Å². The van der Waals surface area contributed by atoms with Gasteiger partial charge in [-0.2, -0.15) is 0 Å². The van der Waals surface area contributed by atoms with Crippen molar-refractivity contribution in [2.75, 3.05) is 40.4 Å². The highest BCUT2D eigenvalue weighted by Crippen LogP contribution is 2.21. The average molecular weight is 415 g/mol. The number of amides is 1. The molecular formula is C23H46N2O4. The van der Waals surface area contributed by atoms with Gasteiger partial charge in [-0.1, -0.05) is 58.8 Å². The zero-order chi connectivity index (χ0) is 22.1. The molecule has 0 fully saturated rings. The standard InChI is InChI=1S/C23H46N2O4/c1-5-7-8-9-12-20(11-6-2)17-22(28)13-14-23(29)25(21(18-26)19-27)16-10-15-24(3)4/h20-21,26-27H,5-19H2,1-4H3. The van der Waals surface area contributed by atoms with Gasteiger partial charge in [0, 0.05) is 25.8 Å². The van der Waals surface area contributed by atoms with E-state index in [4.69, 9.17) is 0 Å². The Morgan fingerprint density at radius 2 is 1.52 bits per heavy atom. The SMILES string of the molecule is CCCCCCC(CCC)CC(=O)CCC(=O)N(CCCN(C)C)C(CO)CO. The smallest absolute Gasteiger partial charge is 0.223 e. The van der Waals surface area contributed by atoms with Crippen molar-refractivity contribution >= 4 is 11.7 Å². The summed E-state index contributed by atoms with van der Waals surface area (Å²) >= 11 is 0. The molecular weight excluding hydrogens is 368 g/mol. The van der Waals surface area contributed by atoms with E-state index in [0.717, 1.165) is 32.2 Å². The maximum absolute atomic E-state index is 12.7. The summed E-state index contributed by atoms with van der Waals surface area (Å²) in [5, 5.41) is 19.0. The number of Topliss-reactive ketones (excluding diaryl/α,β-unsaturated/α-hetero) is 1. The fourth-order valence-corrected chi connectivity index (χ4v) is 3.75. The number of hydrogen-bond donors (Lipinski definition) is 2. The molecule has 0 aliphatic rings. The summed E-state index contributed by atoms with van der Waals surface area (Å²) in [6.07, 6.45) is 9.87. The molecule has 172 valence electrons. The van der Waals surface area contributed by atoms with Crippen LogP contribution < -0.4 is 0 Å². The summed E-state index contributed by atoms with van der Waals surface area (Å²) in [5.74, 6) is 0.434. The number of unbranched alkanes of at least 4 members (excludes halogenated alkanes) is 3. The van der Waals surface area contributed by atoms with Crippen LogP contribution >= 0.6 is 0 Å². The van der Waals surface area contributed by atoms with Gasteiger partial charge in [0.05, 0.1) is 19.3 Å². The van der Waals surface area contributed by atoms with Crippen molar-refractivity contribution in [1.29, 1.82) is 0 Å². The van der Waals surface area contributed by atoms with E-state index in [1.54, 1.807) is 4.90 Å². The van der Waals surface area contributed by atoms with Crippen molar-refractivity contribution in [2.45, 2.75) is 90.5 Å². The van der Waals surface area contributed by atoms with E-state index in [1.165, 1.54) is 25.7 Å². The van der Waals surface area contributed by atoms with Crippen molar-refractivity contribution in [1.82, 2.24) is 9.80 Å². The molecule has 0 saturated carbocycles. The molecule has 2 N–H and O–H groups in total. The van der Waals surface area contributed by atoms with Gasteiger partial charge >= 0.3 is 0 Å². The zero-order valence-electron chi connectivity index (χ0n) is 19.4. The Hall–Kier alpha value is -0.980. The summed E-state index contributed by atoms with van der Waals surface area (Å²) in [6, 6.07) is -0.592. The number of carbonyl (C=O) groups excluding carboxylic acids is 2. The van der Waals surface area contributed by atoms with Gasteiger partial charge in [-0.25, -0.2) is 0 Å². The fraction of sp³-hybridized carbons (Fsp3) is 0.913. The van der Waals surface area contributed by atoms with Crippen LogP contribution in [0.15, 0.2) is 0 Å². The highest BCUT2D eigenvalue weighted by molar-refractivity contribution is 5.85. The molecule has 0 aromatic rings. The van der Waals surface area contributed by atoms with Crippen molar-refractivity contribution in [2.24, 2.45) is 5.92 Å². The summed E-state index contributed by atoms with van der Waals surface area (Å²) in [4.78, 5) is 28.7. The topological polar surface area (TPSA) is 81.1 Å². The molecule has 1 atom stereocenters. The second-order valence-electron chi connectivity index (χ2n) is 8.51. The Kier molecular flexibility index (Phi) is 17.2. The van der Waals surface area contributed by atoms with Crippen LogP contribution in [0.25, 0.3) is 0 Å². The largest absolute Gasteiger partial charge is 0.394 e. The van der Waals surface area contributed by atoms with Gasteiger partial charge in [0.1, 0.15) is 5.78 Å². The molecule has 29 heavy (non-hydrogen) atoms. The first-order valence-electron chi connectivity index (χ1n) is 11.6. The average Bonchev–Trinajstić information content (AvgIpc) is 2.68. The van der Waals surface area contributed by atoms with E-state index in [-0.39, 0.29) is 37.7 Å². The van der Waals surface area contributed by atoms with Crippen LogP contribution in [-0.4, -0.2) is 78.1 Å². The third kappa shape index (κ3) is 13.8. The maximum Gasteiger partial charge on any atom is 0.223 e. The molecule has 6 nitrogen and oxygen atoms in total. The normalized spacial score (nSPS) is 12.6. The van der Waals surface area contributed by atoms with Gasteiger partial charge in [-0.15, -0.1) is 0 Å². The van der Waals surface area contributed by atoms with E-state index in [1.807, 2.05) is 19.0 Å². The van der Waals surface area contributed by atoms with Crippen LogP contribution in [-0.2, 0) is 9.59 Å². The number of carbonyl (C=O) groups is 2. The van der Waals surface area contributed by atoms with Crippen molar-refractivity contribution in [3.63, 3.8) is 0 Å². The minimum atomic E-state index is -0.592. The van der Waals surface area contributed by atoms with Crippen LogP contribution in [0, 0.1) is 5.92 Å². The van der Waals surface area contributed by atoms with Gasteiger partial charge in [-0.3, -0.25) is 9.59 Å². The van der Waals surface area contributed by atoms with E-state index in [2.05, 4.69) is 13.8 Å². The van der Waals surface area contributed by atoms with Gasteiger partial charge in [0.2, 0.25) is 5.91 Å². The number of rotatable bonds is 19. The molecule has 0 heterocycles. The molecule has 0 rings (SSSR count). The monoisotopic (exact) mass is 414 g/mol.